The summed E-state index contributed by atoms with van der Waals surface area (Å²) in [6.45, 7) is 0. The van der Waals surface area contributed by atoms with Gasteiger partial charge in [0.25, 0.3) is 5.91 Å². The third kappa shape index (κ3) is 4.55. The van der Waals surface area contributed by atoms with Crippen LogP contribution in [0.2, 0.25) is 5.02 Å². The minimum atomic E-state index is -4.62. The van der Waals surface area contributed by atoms with E-state index < -0.39 is 28.5 Å². The molecule has 0 aliphatic carbocycles. The summed E-state index contributed by atoms with van der Waals surface area (Å²) in [6.07, 6.45) is -3.27. The number of alkyl halides is 3. The van der Waals surface area contributed by atoms with Gasteiger partial charge in [-0.05, 0) is 36.4 Å². The summed E-state index contributed by atoms with van der Waals surface area (Å²) in [5.41, 5.74) is 4.97. The molecule has 0 atom stereocenters. The Bertz CT molecular complexity index is 1020. The number of H-pyrrole nitrogens is 1. The number of nitrogens with zero attached hydrogens (tertiary/aromatic N) is 1. The number of nitrogens with one attached hydrogen (secondary N) is 2. The number of carbonyl (C=O) groups is 1. The highest BCUT2D eigenvalue weighted by Gasteiger charge is 2.33. The van der Waals surface area contributed by atoms with Crippen LogP contribution in [0.3, 0.4) is 0 Å². The van der Waals surface area contributed by atoms with Gasteiger partial charge in [-0.25, -0.2) is 9.37 Å². The first-order valence-corrected chi connectivity index (χ1v) is 7.81. The minimum absolute atomic E-state index is 0. The van der Waals surface area contributed by atoms with Crippen LogP contribution in [-0.2, 0) is 6.18 Å². The van der Waals surface area contributed by atoms with Crippen LogP contribution in [0.15, 0.2) is 42.6 Å². The molecule has 4 N–H and O–H groups in total. The Hall–Kier alpha value is -2.78. The Morgan fingerprint density at radius 2 is 1.89 bits per heavy atom. The van der Waals surface area contributed by atoms with Crippen molar-refractivity contribution in [2.24, 2.45) is 0 Å². The average Bonchev–Trinajstić information content (AvgIpc) is 2.99. The molecule has 0 saturated heterocycles. The smallest absolute Gasteiger partial charge is 0.369 e. The van der Waals surface area contributed by atoms with Crippen LogP contribution in [0.25, 0.3) is 11.3 Å². The Morgan fingerprint density at radius 1 is 1.18 bits per heavy atom. The molecular formula is C17H12Cl2F4N4O. The zero-order chi connectivity index (χ0) is 19.8. The average molecular weight is 435 g/mol. The Labute approximate surface area is 167 Å². The standard InChI is InChI=1S/C17H11ClF4N4O.ClH/c18-12-5-8(1-4-11(12)17(20,21)22)15(27)25-9-2-3-10(13(19)6-9)14-7-24-16(23)26-14;/h1-7H,(H,25,27)(H3,23,24,26);1H. The molecule has 1 heterocycles. The van der Waals surface area contributed by atoms with Crippen LogP contribution in [-0.4, -0.2) is 15.9 Å². The molecule has 0 fully saturated rings. The van der Waals surface area contributed by atoms with E-state index in [0.717, 1.165) is 18.2 Å². The van der Waals surface area contributed by atoms with Gasteiger partial charge >= 0.3 is 6.18 Å². The molecule has 0 radical (unpaired) electrons. The van der Waals surface area contributed by atoms with Gasteiger partial charge in [-0.1, -0.05) is 11.6 Å². The summed E-state index contributed by atoms with van der Waals surface area (Å²) in [5, 5.41) is 1.80. The maximum atomic E-state index is 14.3. The molecule has 5 nitrogen and oxygen atoms in total. The number of amides is 1. The van der Waals surface area contributed by atoms with E-state index in [4.69, 9.17) is 17.3 Å². The van der Waals surface area contributed by atoms with Crippen LogP contribution in [0.5, 0.6) is 0 Å². The fraction of sp³-hybridized carbons (Fsp3) is 0.0588. The van der Waals surface area contributed by atoms with Crippen LogP contribution in [0, 0.1) is 5.82 Å². The summed E-state index contributed by atoms with van der Waals surface area (Å²) >= 11 is 5.60. The van der Waals surface area contributed by atoms with Gasteiger partial charge in [-0.2, -0.15) is 13.2 Å². The fourth-order valence-electron chi connectivity index (χ4n) is 2.37. The van der Waals surface area contributed by atoms with E-state index in [2.05, 4.69) is 15.3 Å². The van der Waals surface area contributed by atoms with Crippen molar-refractivity contribution in [1.82, 2.24) is 9.97 Å². The summed E-state index contributed by atoms with van der Waals surface area (Å²) in [4.78, 5) is 18.6. The van der Waals surface area contributed by atoms with E-state index in [9.17, 15) is 22.4 Å². The first kappa shape index (κ1) is 21.5. The number of imidazole rings is 1. The predicted octanol–water partition coefficient (Wildman–Crippen LogP) is 5.14. The van der Waals surface area contributed by atoms with Crippen molar-refractivity contribution < 1.29 is 22.4 Å². The van der Waals surface area contributed by atoms with Crippen molar-refractivity contribution in [3.8, 4) is 11.3 Å². The summed E-state index contributed by atoms with van der Waals surface area (Å²) < 4.78 is 52.4. The Balaban J connectivity index is 0.00000280. The zero-order valence-corrected chi connectivity index (χ0v) is 15.3. The molecule has 1 aromatic heterocycles. The normalized spacial score (nSPS) is 11.0. The molecule has 0 unspecified atom stereocenters. The molecule has 0 spiro atoms. The number of anilines is 2. The van der Waals surface area contributed by atoms with E-state index in [-0.39, 0.29) is 35.2 Å². The lowest BCUT2D eigenvalue weighted by atomic mass is 10.1. The zero-order valence-electron chi connectivity index (χ0n) is 13.8. The maximum absolute atomic E-state index is 14.3. The molecule has 11 heteroatoms. The van der Waals surface area contributed by atoms with Gasteiger partial charge in [-0.3, -0.25) is 4.79 Å². The molecule has 3 aromatic rings. The van der Waals surface area contributed by atoms with Crippen molar-refractivity contribution in [3.63, 3.8) is 0 Å². The minimum Gasteiger partial charge on any atom is -0.369 e. The van der Waals surface area contributed by atoms with Gasteiger partial charge in [0.05, 0.1) is 22.5 Å². The third-order valence-electron chi connectivity index (χ3n) is 3.65. The number of rotatable bonds is 3. The van der Waals surface area contributed by atoms with Crippen molar-refractivity contribution in [3.05, 3.63) is 64.6 Å². The van der Waals surface area contributed by atoms with Crippen molar-refractivity contribution in [2.75, 3.05) is 11.1 Å². The molecule has 148 valence electrons. The molecule has 0 saturated carbocycles. The van der Waals surface area contributed by atoms with Crippen LogP contribution < -0.4 is 11.1 Å². The highest BCUT2D eigenvalue weighted by molar-refractivity contribution is 6.32. The van der Waals surface area contributed by atoms with Crippen molar-refractivity contribution >= 4 is 41.6 Å². The second-order valence-electron chi connectivity index (χ2n) is 5.52. The number of hydrogen-bond acceptors (Lipinski definition) is 3. The number of hydrogen-bond donors (Lipinski definition) is 3. The van der Waals surface area contributed by atoms with Crippen molar-refractivity contribution in [1.29, 1.82) is 0 Å². The SMILES string of the molecule is Cl.Nc1ncc(-c2ccc(NC(=O)c3ccc(C(F)(F)F)c(Cl)c3)cc2F)[nH]1. The summed E-state index contributed by atoms with van der Waals surface area (Å²) in [5.74, 6) is -1.26. The van der Waals surface area contributed by atoms with E-state index in [0.29, 0.717) is 11.8 Å². The van der Waals surface area contributed by atoms with E-state index in [1.165, 1.54) is 18.3 Å². The maximum Gasteiger partial charge on any atom is 0.417 e. The number of nitrogens with two attached hydrogens (primary N) is 1. The lowest BCUT2D eigenvalue weighted by molar-refractivity contribution is -0.137. The number of benzene rings is 2. The monoisotopic (exact) mass is 434 g/mol. The molecule has 3 rings (SSSR count). The third-order valence-corrected chi connectivity index (χ3v) is 3.96. The van der Waals surface area contributed by atoms with Gasteiger partial charge in [0, 0.05) is 16.8 Å². The molecule has 0 bridgehead atoms. The quantitative estimate of drug-likeness (QED) is 0.498. The number of halogens is 6. The molecule has 28 heavy (non-hydrogen) atoms. The van der Waals surface area contributed by atoms with E-state index >= 15 is 0 Å². The number of carbonyl (C=O) groups excluding carboxylic acids is 1. The Morgan fingerprint density at radius 3 is 2.43 bits per heavy atom. The number of nitrogen functional groups attached to an aromatic ring is 1. The first-order chi connectivity index (χ1) is 12.6. The fourth-order valence-corrected chi connectivity index (χ4v) is 2.66. The van der Waals surface area contributed by atoms with Gasteiger partial charge < -0.3 is 16.0 Å². The summed E-state index contributed by atoms with van der Waals surface area (Å²) in [7, 11) is 0. The second-order valence-corrected chi connectivity index (χ2v) is 5.93. The Kier molecular flexibility index (Phi) is 6.20. The first-order valence-electron chi connectivity index (χ1n) is 7.43. The lowest BCUT2D eigenvalue weighted by Gasteiger charge is -2.11. The molecule has 1 amide bonds. The molecule has 0 aliphatic heterocycles. The highest BCUT2D eigenvalue weighted by Crippen LogP contribution is 2.35. The van der Waals surface area contributed by atoms with Gasteiger partial charge in [0.2, 0.25) is 0 Å². The van der Waals surface area contributed by atoms with Crippen molar-refractivity contribution in [2.45, 2.75) is 6.18 Å². The highest BCUT2D eigenvalue weighted by atomic mass is 35.5. The largest absolute Gasteiger partial charge is 0.417 e. The molecular weight excluding hydrogens is 423 g/mol. The van der Waals surface area contributed by atoms with Gasteiger partial charge in [-0.15, -0.1) is 12.4 Å². The van der Waals surface area contributed by atoms with Gasteiger partial charge in [0.1, 0.15) is 5.82 Å². The predicted molar refractivity (Wildman–Crippen MR) is 100 cm³/mol. The molecule has 0 aliphatic rings. The number of aromatic amines is 1. The van der Waals surface area contributed by atoms with Gasteiger partial charge in [0.15, 0.2) is 5.95 Å². The lowest BCUT2D eigenvalue weighted by Crippen LogP contribution is -2.13. The van der Waals surface area contributed by atoms with E-state index in [1.54, 1.807) is 0 Å². The van der Waals surface area contributed by atoms with Crippen LogP contribution >= 0.6 is 24.0 Å². The summed E-state index contributed by atoms with van der Waals surface area (Å²) in [6, 6.07) is 6.50. The topological polar surface area (TPSA) is 83.8 Å². The van der Waals surface area contributed by atoms with E-state index in [1.807, 2.05) is 0 Å². The molecule has 2 aromatic carbocycles. The van der Waals surface area contributed by atoms with Crippen LogP contribution in [0.1, 0.15) is 15.9 Å². The second kappa shape index (κ2) is 8.07. The van der Waals surface area contributed by atoms with Crippen LogP contribution in [0.4, 0.5) is 29.2 Å². The number of aromatic nitrogens is 2.